The lowest BCUT2D eigenvalue weighted by molar-refractivity contribution is 0.505. The average Bonchev–Trinajstić information content (AvgIpc) is 2.20. The zero-order valence-corrected chi connectivity index (χ0v) is 11.5. The van der Waals surface area contributed by atoms with Gasteiger partial charge >= 0.3 is 0 Å². The van der Waals surface area contributed by atoms with Crippen LogP contribution in [0, 0.1) is 13.8 Å². The smallest absolute Gasteiger partial charge is 0.257 e. The first kappa shape index (κ1) is 12.4. The van der Waals surface area contributed by atoms with E-state index in [1.54, 1.807) is 6.92 Å². The van der Waals surface area contributed by atoms with Crippen molar-refractivity contribution in [2.75, 3.05) is 5.75 Å². The Balaban J connectivity index is 2.79. The van der Waals surface area contributed by atoms with Crippen LogP contribution in [0.3, 0.4) is 0 Å². The van der Waals surface area contributed by atoms with Crippen LogP contribution in [0.4, 0.5) is 0 Å². The lowest BCUT2D eigenvalue weighted by Crippen LogP contribution is -2.24. The third kappa shape index (κ3) is 3.44. The monoisotopic (exact) mass is 244 g/mol. The molecule has 0 fully saturated rings. The molecule has 1 aromatic rings. The Morgan fingerprint density at radius 1 is 1.33 bits per heavy atom. The van der Waals surface area contributed by atoms with Crippen LogP contribution >= 0.6 is 0 Å². The van der Waals surface area contributed by atoms with E-state index >= 15 is 0 Å². The van der Waals surface area contributed by atoms with Gasteiger partial charge in [0.2, 0.25) is 9.76 Å². The quantitative estimate of drug-likeness (QED) is 0.719. The highest BCUT2D eigenvalue weighted by molar-refractivity contribution is 7.87. The van der Waals surface area contributed by atoms with Gasteiger partial charge in [0, 0.05) is 0 Å². The van der Waals surface area contributed by atoms with Crippen molar-refractivity contribution in [1.29, 1.82) is 0 Å². The predicted molar refractivity (Wildman–Crippen MR) is 64.6 cm³/mol. The molecule has 15 heavy (non-hydrogen) atoms. The predicted octanol–water partition coefficient (Wildman–Crippen LogP) is 0.379. The minimum Gasteiger partial charge on any atom is -0.317 e. The summed E-state index contributed by atoms with van der Waals surface area (Å²) in [6.07, 6.45) is 0. The van der Waals surface area contributed by atoms with Crippen LogP contribution < -0.4 is 5.19 Å². The molecule has 84 valence electrons. The minimum atomic E-state index is -3.29. The zero-order chi connectivity index (χ0) is 11.5. The molecule has 0 heterocycles. The average molecular weight is 244 g/mol. The van der Waals surface area contributed by atoms with Crippen LogP contribution in [0.2, 0.25) is 0 Å². The summed E-state index contributed by atoms with van der Waals surface area (Å²) in [7, 11) is -4.45. The standard InChI is InChI=1S/C10H16O3SSi/c1-4-14(11,12)13-15-10-7-5-6-8(2)9(10)3/h5-7H,4,15H2,1-3H3. The first-order valence-electron chi connectivity index (χ1n) is 4.88. The second kappa shape index (κ2) is 4.91. The lowest BCUT2D eigenvalue weighted by atomic mass is 10.1. The van der Waals surface area contributed by atoms with Crippen molar-refractivity contribution >= 4 is 25.1 Å². The number of aryl methyl sites for hydroxylation is 1. The summed E-state index contributed by atoms with van der Waals surface area (Å²) in [6.45, 7) is 5.61. The number of hydrogen-bond donors (Lipinski definition) is 0. The fraction of sp³-hybridized carbons (Fsp3) is 0.400. The van der Waals surface area contributed by atoms with Gasteiger partial charge in [-0.2, -0.15) is 0 Å². The van der Waals surface area contributed by atoms with Crippen molar-refractivity contribution in [3.8, 4) is 0 Å². The largest absolute Gasteiger partial charge is 0.317 e. The zero-order valence-electron chi connectivity index (χ0n) is 9.28. The normalized spacial score (nSPS) is 12.5. The minimum absolute atomic E-state index is 0.0465. The van der Waals surface area contributed by atoms with Gasteiger partial charge in [-0.3, -0.25) is 0 Å². The molecule has 1 rings (SSSR count). The Labute approximate surface area is 93.5 Å². The number of benzene rings is 1. The highest BCUT2D eigenvalue weighted by Crippen LogP contribution is 2.02. The summed E-state index contributed by atoms with van der Waals surface area (Å²) in [4.78, 5) is 0. The molecule has 0 aliphatic rings. The Kier molecular flexibility index (Phi) is 4.07. The number of hydrogen-bond acceptors (Lipinski definition) is 3. The molecule has 0 amide bonds. The highest BCUT2D eigenvalue weighted by atomic mass is 32.2. The second-order valence-electron chi connectivity index (χ2n) is 3.47. The molecule has 0 atom stereocenters. The van der Waals surface area contributed by atoms with Gasteiger partial charge in [0.25, 0.3) is 10.1 Å². The molecular weight excluding hydrogens is 228 g/mol. The van der Waals surface area contributed by atoms with Gasteiger partial charge in [-0.15, -0.1) is 0 Å². The Morgan fingerprint density at radius 3 is 2.60 bits per heavy atom. The Hall–Kier alpha value is -0.653. The summed E-state index contributed by atoms with van der Waals surface area (Å²) in [5.41, 5.74) is 2.33. The molecule has 0 saturated carbocycles. The Morgan fingerprint density at radius 2 is 2.00 bits per heavy atom. The van der Waals surface area contributed by atoms with Crippen molar-refractivity contribution in [2.24, 2.45) is 0 Å². The van der Waals surface area contributed by atoms with Crippen LogP contribution in [0.1, 0.15) is 18.1 Å². The number of rotatable bonds is 4. The van der Waals surface area contributed by atoms with Crippen molar-refractivity contribution in [3.05, 3.63) is 29.3 Å². The van der Waals surface area contributed by atoms with Gasteiger partial charge < -0.3 is 3.87 Å². The molecule has 0 aromatic heterocycles. The third-order valence-corrected chi connectivity index (χ3v) is 6.16. The maximum absolute atomic E-state index is 11.2. The first-order chi connectivity index (χ1) is 6.96. The van der Waals surface area contributed by atoms with Crippen molar-refractivity contribution in [2.45, 2.75) is 20.8 Å². The van der Waals surface area contributed by atoms with E-state index in [-0.39, 0.29) is 5.75 Å². The van der Waals surface area contributed by atoms with Crippen LogP contribution in [-0.2, 0) is 14.0 Å². The van der Waals surface area contributed by atoms with E-state index in [4.69, 9.17) is 3.87 Å². The van der Waals surface area contributed by atoms with Crippen molar-refractivity contribution < 1.29 is 12.3 Å². The molecule has 0 radical (unpaired) electrons. The molecule has 0 unspecified atom stereocenters. The fourth-order valence-electron chi connectivity index (χ4n) is 1.20. The summed E-state index contributed by atoms with van der Waals surface area (Å²) in [5, 5.41) is 1.06. The maximum Gasteiger partial charge on any atom is 0.257 e. The van der Waals surface area contributed by atoms with E-state index in [0.717, 1.165) is 10.8 Å². The molecule has 0 aliphatic heterocycles. The van der Waals surface area contributed by atoms with E-state index < -0.39 is 19.9 Å². The van der Waals surface area contributed by atoms with Crippen LogP contribution in [0.15, 0.2) is 18.2 Å². The van der Waals surface area contributed by atoms with Crippen molar-refractivity contribution in [3.63, 3.8) is 0 Å². The molecule has 3 nitrogen and oxygen atoms in total. The highest BCUT2D eigenvalue weighted by Gasteiger charge is 2.09. The lowest BCUT2D eigenvalue weighted by Gasteiger charge is -2.08. The molecule has 1 aromatic carbocycles. The molecule has 0 saturated heterocycles. The molecule has 0 bridgehead atoms. The maximum atomic E-state index is 11.2. The molecule has 0 aliphatic carbocycles. The van der Waals surface area contributed by atoms with E-state index in [9.17, 15) is 8.42 Å². The van der Waals surface area contributed by atoms with Gasteiger partial charge in [-0.25, -0.2) is 8.42 Å². The van der Waals surface area contributed by atoms with Gasteiger partial charge in [-0.1, -0.05) is 18.2 Å². The second-order valence-corrected chi connectivity index (χ2v) is 7.15. The summed E-state index contributed by atoms with van der Waals surface area (Å²) in [5.74, 6) is 0.0465. The van der Waals surface area contributed by atoms with Crippen LogP contribution in [0.5, 0.6) is 0 Å². The van der Waals surface area contributed by atoms with Crippen LogP contribution in [-0.4, -0.2) is 23.9 Å². The van der Waals surface area contributed by atoms with Crippen molar-refractivity contribution in [1.82, 2.24) is 0 Å². The Bertz CT molecular complexity index is 440. The summed E-state index contributed by atoms with van der Waals surface area (Å²) < 4.78 is 27.4. The van der Waals surface area contributed by atoms with E-state index in [1.165, 1.54) is 5.56 Å². The van der Waals surface area contributed by atoms with E-state index in [2.05, 4.69) is 0 Å². The first-order valence-corrected chi connectivity index (χ1v) is 7.74. The van der Waals surface area contributed by atoms with E-state index in [1.807, 2.05) is 32.0 Å². The summed E-state index contributed by atoms with van der Waals surface area (Å²) >= 11 is 0. The molecule has 0 spiro atoms. The van der Waals surface area contributed by atoms with Gasteiger partial charge in [0.05, 0.1) is 5.75 Å². The van der Waals surface area contributed by atoms with Crippen LogP contribution in [0.25, 0.3) is 0 Å². The van der Waals surface area contributed by atoms with Gasteiger partial charge in [0.15, 0.2) is 0 Å². The topological polar surface area (TPSA) is 43.4 Å². The SMILES string of the molecule is CCS(=O)(=O)O[SiH2]c1cccc(C)c1C. The van der Waals surface area contributed by atoms with Gasteiger partial charge in [0.1, 0.15) is 0 Å². The fourth-order valence-corrected chi connectivity index (χ4v) is 3.83. The van der Waals surface area contributed by atoms with Gasteiger partial charge in [-0.05, 0) is 37.1 Å². The summed E-state index contributed by atoms with van der Waals surface area (Å²) in [6, 6.07) is 5.90. The molecule has 5 heteroatoms. The third-order valence-electron chi connectivity index (χ3n) is 2.46. The molecular formula is C10H16O3SSi. The molecule has 0 N–H and O–H groups in total. The van der Waals surface area contributed by atoms with E-state index in [0.29, 0.717) is 0 Å².